The Hall–Kier alpha value is -7.39. The van der Waals surface area contributed by atoms with E-state index in [-0.39, 0.29) is 5.41 Å². The second-order valence-electron chi connectivity index (χ2n) is 14.3. The minimum absolute atomic E-state index is 0.235. The molecule has 5 nitrogen and oxygen atoms in total. The van der Waals surface area contributed by atoms with Crippen LogP contribution in [-0.2, 0) is 5.41 Å². The van der Waals surface area contributed by atoms with Crippen molar-refractivity contribution in [3.05, 3.63) is 167 Å². The molecule has 0 N–H and O–H groups in total. The molecule has 246 valence electrons. The number of nitriles is 3. The molecule has 1 aliphatic rings. The standard InChI is InChI=1S/C48H29N5/c1-48(2)39-15-7-3-11-33(39)37-24-38-36-14-6-10-18-43(36)53(45(38)25-40(37)48)47-32(28-51)22-21-31(27-50)46(47)29-19-20-30(26-49)44(23-29)52-41-16-8-4-12-34(41)35-13-5-9-17-42(35)52/h3-25H,1-2H3. The highest BCUT2D eigenvalue weighted by Gasteiger charge is 2.36. The summed E-state index contributed by atoms with van der Waals surface area (Å²) in [6.07, 6.45) is 0. The van der Waals surface area contributed by atoms with Crippen molar-refractivity contribution in [2.24, 2.45) is 0 Å². The third-order valence-corrected chi connectivity index (χ3v) is 11.2. The molecule has 0 spiro atoms. The van der Waals surface area contributed by atoms with Gasteiger partial charge in [-0.15, -0.1) is 0 Å². The summed E-state index contributed by atoms with van der Waals surface area (Å²) >= 11 is 0. The van der Waals surface area contributed by atoms with Gasteiger partial charge in [-0.1, -0.05) is 98.8 Å². The Bertz CT molecular complexity index is 3130. The lowest BCUT2D eigenvalue weighted by Gasteiger charge is -2.22. The van der Waals surface area contributed by atoms with Gasteiger partial charge in [0.05, 0.1) is 56.2 Å². The van der Waals surface area contributed by atoms with Gasteiger partial charge in [0, 0.05) is 32.5 Å². The second kappa shape index (κ2) is 11.1. The Kier molecular flexibility index (Phi) is 6.35. The van der Waals surface area contributed by atoms with Crippen LogP contribution in [0.1, 0.15) is 41.7 Å². The van der Waals surface area contributed by atoms with Gasteiger partial charge in [0.25, 0.3) is 0 Å². The molecule has 9 aromatic rings. The van der Waals surface area contributed by atoms with Gasteiger partial charge in [0.1, 0.15) is 12.1 Å². The van der Waals surface area contributed by atoms with Crippen LogP contribution in [0.3, 0.4) is 0 Å². The molecule has 53 heavy (non-hydrogen) atoms. The van der Waals surface area contributed by atoms with Crippen molar-refractivity contribution in [1.29, 1.82) is 15.8 Å². The Morgan fingerprint density at radius 1 is 0.453 bits per heavy atom. The lowest BCUT2D eigenvalue weighted by Crippen LogP contribution is -2.15. The van der Waals surface area contributed by atoms with Crippen LogP contribution in [0, 0.1) is 34.0 Å². The molecule has 2 aromatic heterocycles. The third kappa shape index (κ3) is 4.10. The maximum Gasteiger partial charge on any atom is 0.101 e. The summed E-state index contributed by atoms with van der Waals surface area (Å²) in [6.45, 7) is 4.54. The summed E-state index contributed by atoms with van der Waals surface area (Å²) in [5.41, 5.74) is 12.7. The van der Waals surface area contributed by atoms with Gasteiger partial charge in [-0.25, -0.2) is 0 Å². The molecule has 0 radical (unpaired) electrons. The van der Waals surface area contributed by atoms with Crippen LogP contribution in [0.15, 0.2) is 140 Å². The number of para-hydroxylation sites is 3. The lowest BCUT2D eigenvalue weighted by atomic mass is 9.82. The first kappa shape index (κ1) is 30.4. The summed E-state index contributed by atoms with van der Waals surface area (Å²) < 4.78 is 4.31. The number of nitrogens with zero attached hydrogens (tertiary/aromatic N) is 5. The Morgan fingerprint density at radius 2 is 1.00 bits per heavy atom. The zero-order valence-electron chi connectivity index (χ0n) is 29.0. The molecule has 0 bridgehead atoms. The molecule has 10 rings (SSSR count). The summed E-state index contributed by atoms with van der Waals surface area (Å²) in [6, 6.07) is 54.5. The summed E-state index contributed by atoms with van der Waals surface area (Å²) in [7, 11) is 0. The average molecular weight is 676 g/mol. The van der Waals surface area contributed by atoms with Gasteiger partial charge >= 0.3 is 0 Å². The van der Waals surface area contributed by atoms with Crippen LogP contribution in [0.5, 0.6) is 0 Å². The van der Waals surface area contributed by atoms with Gasteiger partial charge in [-0.3, -0.25) is 0 Å². The van der Waals surface area contributed by atoms with Crippen LogP contribution < -0.4 is 0 Å². The van der Waals surface area contributed by atoms with E-state index in [1.165, 1.54) is 22.3 Å². The quantitative estimate of drug-likeness (QED) is 0.187. The van der Waals surface area contributed by atoms with E-state index in [1.54, 1.807) is 12.1 Å². The Balaban J connectivity index is 1.32. The van der Waals surface area contributed by atoms with Crippen LogP contribution >= 0.6 is 0 Å². The van der Waals surface area contributed by atoms with Crippen molar-refractivity contribution in [1.82, 2.24) is 9.13 Å². The molecule has 0 saturated carbocycles. The molecule has 7 aromatic carbocycles. The summed E-state index contributed by atoms with van der Waals surface area (Å²) in [5, 5.41) is 36.3. The smallest absolute Gasteiger partial charge is 0.101 e. The predicted octanol–water partition coefficient (Wildman–Crippen LogP) is 11.5. The Labute approximate surface area is 306 Å². The number of aromatic nitrogens is 2. The summed E-state index contributed by atoms with van der Waals surface area (Å²) in [4.78, 5) is 0. The van der Waals surface area contributed by atoms with E-state index in [1.807, 2.05) is 54.6 Å². The molecule has 0 aliphatic heterocycles. The van der Waals surface area contributed by atoms with Gasteiger partial charge in [0.2, 0.25) is 0 Å². The first-order valence-electron chi connectivity index (χ1n) is 17.6. The highest BCUT2D eigenvalue weighted by Crippen LogP contribution is 2.51. The molecular weight excluding hydrogens is 647 g/mol. The molecule has 0 atom stereocenters. The van der Waals surface area contributed by atoms with Gasteiger partial charge in [-0.05, 0) is 82.4 Å². The van der Waals surface area contributed by atoms with Crippen molar-refractivity contribution in [2.75, 3.05) is 0 Å². The van der Waals surface area contributed by atoms with Crippen molar-refractivity contribution < 1.29 is 0 Å². The SMILES string of the molecule is CC1(C)c2ccccc2-c2cc3c4ccccc4n(-c4c(C#N)ccc(C#N)c4-c4ccc(C#N)c(-n5c6ccccc6c6ccccc65)c4)c3cc21. The predicted molar refractivity (Wildman–Crippen MR) is 212 cm³/mol. The van der Waals surface area contributed by atoms with Crippen molar-refractivity contribution >= 4 is 43.6 Å². The van der Waals surface area contributed by atoms with Gasteiger partial charge in [0.15, 0.2) is 0 Å². The number of hydrogen-bond donors (Lipinski definition) is 0. The van der Waals surface area contributed by atoms with E-state index in [0.29, 0.717) is 33.6 Å². The first-order valence-corrected chi connectivity index (χ1v) is 17.6. The maximum atomic E-state index is 10.8. The fourth-order valence-electron chi connectivity index (χ4n) is 8.85. The van der Waals surface area contributed by atoms with Gasteiger partial charge < -0.3 is 9.13 Å². The molecule has 0 amide bonds. The highest BCUT2D eigenvalue weighted by atomic mass is 15.0. The molecular formula is C48H29N5. The average Bonchev–Trinajstić information content (AvgIpc) is 3.79. The molecule has 0 fully saturated rings. The van der Waals surface area contributed by atoms with Crippen molar-refractivity contribution in [2.45, 2.75) is 19.3 Å². The fourth-order valence-corrected chi connectivity index (χ4v) is 8.85. The zero-order valence-corrected chi connectivity index (χ0v) is 29.0. The number of fused-ring (bicyclic) bond motifs is 9. The normalized spacial score (nSPS) is 12.8. The molecule has 2 heterocycles. The van der Waals surface area contributed by atoms with E-state index in [4.69, 9.17) is 0 Å². The van der Waals surface area contributed by atoms with Crippen LogP contribution in [0.2, 0.25) is 0 Å². The summed E-state index contributed by atoms with van der Waals surface area (Å²) in [5.74, 6) is 0. The fraction of sp³-hybridized carbons (Fsp3) is 0.0625. The van der Waals surface area contributed by atoms with Crippen LogP contribution in [0.25, 0.3) is 77.2 Å². The first-order chi connectivity index (χ1) is 25.9. The van der Waals surface area contributed by atoms with E-state index in [9.17, 15) is 15.8 Å². The number of rotatable bonds is 3. The van der Waals surface area contributed by atoms with E-state index in [2.05, 4.69) is 114 Å². The van der Waals surface area contributed by atoms with Crippen molar-refractivity contribution in [3.63, 3.8) is 0 Å². The lowest BCUT2D eigenvalue weighted by molar-refractivity contribution is 0.661. The van der Waals surface area contributed by atoms with Crippen LogP contribution in [0.4, 0.5) is 0 Å². The van der Waals surface area contributed by atoms with E-state index in [0.717, 1.165) is 49.2 Å². The third-order valence-electron chi connectivity index (χ3n) is 11.2. The topological polar surface area (TPSA) is 81.2 Å². The monoisotopic (exact) mass is 675 g/mol. The minimum Gasteiger partial charge on any atom is -0.308 e. The van der Waals surface area contributed by atoms with Crippen LogP contribution in [-0.4, -0.2) is 9.13 Å². The zero-order chi connectivity index (χ0) is 36.0. The van der Waals surface area contributed by atoms with Gasteiger partial charge in [-0.2, -0.15) is 15.8 Å². The molecule has 0 saturated heterocycles. The van der Waals surface area contributed by atoms with Crippen molar-refractivity contribution in [3.8, 4) is 51.8 Å². The molecule has 1 aliphatic carbocycles. The molecule has 5 heteroatoms. The number of hydrogen-bond acceptors (Lipinski definition) is 3. The largest absolute Gasteiger partial charge is 0.308 e. The van der Waals surface area contributed by atoms with E-state index < -0.39 is 0 Å². The number of benzene rings is 7. The minimum atomic E-state index is -0.235. The molecule has 0 unspecified atom stereocenters. The second-order valence-corrected chi connectivity index (χ2v) is 14.3. The maximum absolute atomic E-state index is 10.8. The van der Waals surface area contributed by atoms with E-state index >= 15 is 0 Å². The highest BCUT2D eigenvalue weighted by molar-refractivity contribution is 6.13. The Morgan fingerprint density at radius 3 is 1.66 bits per heavy atom.